The van der Waals surface area contributed by atoms with E-state index in [0.29, 0.717) is 43.5 Å². The predicted molar refractivity (Wildman–Crippen MR) is 94.2 cm³/mol. The average Bonchev–Trinajstić information content (AvgIpc) is 2.60. The third kappa shape index (κ3) is 6.46. The molecule has 0 bridgehead atoms. The Kier molecular flexibility index (Phi) is 7.28. The maximum Gasteiger partial charge on any atom is 0.270 e. The number of aryl methyl sites for hydroxylation is 1. The average molecular weight is 346 g/mol. The molecule has 6 nitrogen and oxygen atoms in total. The van der Waals surface area contributed by atoms with Gasteiger partial charge in [-0.3, -0.25) is 4.79 Å². The van der Waals surface area contributed by atoms with Gasteiger partial charge in [-0.2, -0.15) is 0 Å². The molecule has 134 valence electrons. The van der Waals surface area contributed by atoms with Gasteiger partial charge in [0.25, 0.3) is 5.91 Å². The van der Waals surface area contributed by atoms with Crippen LogP contribution in [0.25, 0.3) is 0 Å². The zero-order valence-corrected chi connectivity index (χ0v) is 14.5. The Labute approximate surface area is 146 Å². The number of aromatic nitrogens is 2. The van der Waals surface area contributed by atoms with Crippen LogP contribution in [0.3, 0.4) is 0 Å². The molecule has 0 saturated carbocycles. The fourth-order valence-corrected chi connectivity index (χ4v) is 2.24. The number of benzene rings is 1. The molecule has 2 N–H and O–H groups in total. The SMILES string of the molecule is COCCCNc1nc(C)cc(C(=O)NCCc2ccc(F)cc2)n1. The van der Waals surface area contributed by atoms with Crippen molar-refractivity contribution in [2.45, 2.75) is 19.8 Å². The largest absolute Gasteiger partial charge is 0.385 e. The fraction of sp³-hybridized carbons (Fsp3) is 0.389. The molecule has 0 unspecified atom stereocenters. The monoisotopic (exact) mass is 346 g/mol. The summed E-state index contributed by atoms with van der Waals surface area (Å²) in [5, 5.41) is 5.91. The minimum absolute atomic E-state index is 0.257. The maximum atomic E-state index is 12.9. The molecule has 2 aromatic rings. The van der Waals surface area contributed by atoms with Crippen molar-refractivity contribution in [2.24, 2.45) is 0 Å². The number of nitrogens with one attached hydrogen (secondary N) is 2. The summed E-state index contributed by atoms with van der Waals surface area (Å²) in [6.45, 7) is 3.58. The number of hydrogen-bond acceptors (Lipinski definition) is 5. The van der Waals surface area contributed by atoms with E-state index in [1.807, 2.05) is 6.92 Å². The molecule has 1 aromatic carbocycles. The van der Waals surface area contributed by atoms with Crippen molar-refractivity contribution in [2.75, 3.05) is 32.1 Å². The number of carbonyl (C=O) groups is 1. The van der Waals surface area contributed by atoms with E-state index in [2.05, 4.69) is 20.6 Å². The molecule has 0 atom stereocenters. The second-order valence-electron chi connectivity index (χ2n) is 5.62. The Bertz CT molecular complexity index is 692. The molecular formula is C18H23FN4O2. The summed E-state index contributed by atoms with van der Waals surface area (Å²) in [6, 6.07) is 7.88. The number of rotatable bonds is 9. The van der Waals surface area contributed by atoms with Crippen LogP contribution in [0.5, 0.6) is 0 Å². The number of amides is 1. The van der Waals surface area contributed by atoms with Crippen LogP contribution in [0.1, 0.15) is 28.2 Å². The van der Waals surface area contributed by atoms with E-state index in [9.17, 15) is 9.18 Å². The van der Waals surface area contributed by atoms with Gasteiger partial charge in [0, 0.05) is 32.5 Å². The zero-order chi connectivity index (χ0) is 18.1. The lowest BCUT2D eigenvalue weighted by atomic mass is 10.1. The molecule has 2 rings (SSSR count). The minimum Gasteiger partial charge on any atom is -0.385 e. The van der Waals surface area contributed by atoms with Gasteiger partial charge in [0.1, 0.15) is 11.5 Å². The Hall–Kier alpha value is -2.54. The van der Waals surface area contributed by atoms with Gasteiger partial charge in [-0.25, -0.2) is 14.4 Å². The van der Waals surface area contributed by atoms with E-state index in [-0.39, 0.29) is 11.7 Å². The predicted octanol–water partition coefficient (Wildman–Crippen LogP) is 2.35. The summed E-state index contributed by atoms with van der Waals surface area (Å²) >= 11 is 0. The summed E-state index contributed by atoms with van der Waals surface area (Å²) < 4.78 is 17.9. The Morgan fingerprint density at radius 1 is 1.20 bits per heavy atom. The molecule has 0 aliphatic rings. The number of ether oxygens (including phenoxy) is 1. The lowest BCUT2D eigenvalue weighted by Gasteiger charge is -2.09. The number of anilines is 1. The van der Waals surface area contributed by atoms with E-state index in [1.54, 1.807) is 25.3 Å². The summed E-state index contributed by atoms with van der Waals surface area (Å²) in [5.74, 6) is -0.0953. The lowest BCUT2D eigenvalue weighted by molar-refractivity contribution is 0.0949. The maximum absolute atomic E-state index is 12.9. The molecule has 0 aliphatic carbocycles. The van der Waals surface area contributed by atoms with Crippen LogP contribution in [-0.2, 0) is 11.2 Å². The minimum atomic E-state index is -0.269. The van der Waals surface area contributed by atoms with Crippen LogP contribution in [0.15, 0.2) is 30.3 Å². The number of hydrogen-bond donors (Lipinski definition) is 2. The van der Waals surface area contributed by atoms with Gasteiger partial charge in [0.15, 0.2) is 0 Å². The van der Waals surface area contributed by atoms with Gasteiger partial charge in [-0.05, 0) is 43.5 Å². The van der Waals surface area contributed by atoms with E-state index < -0.39 is 0 Å². The van der Waals surface area contributed by atoms with Gasteiger partial charge >= 0.3 is 0 Å². The highest BCUT2D eigenvalue weighted by molar-refractivity contribution is 5.92. The van der Waals surface area contributed by atoms with Crippen molar-refractivity contribution in [3.8, 4) is 0 Å². The van der Waals surface area contributed by atoms with Crippen LogP contribution >= 0.6 is 0 Å². The van der Waals surface area contributed by atoms with Crippen molar-refractivity contribution < 1.29 is 13.9 Å². The normalized spacial score (nSPS) is 10.5. The van der Waals surface area contributed by atoms with Crippen LogP contribution in [-0.4, -0.2) is 42.7 Å². The van der Waals surface area contributed by atoms with Gasteiger partial charge < -0.3 is 15.4 Å². The highest BCUT2D eigenvalue weighted by Gasteiger charge is 2.10. The quantitative estimate of drug-likeness (QED) is 0.682. The van der Waals surface area contributed by atoms with Crippen molar-refractivity contribution >= 4 is 11.9 Å². The zero-order valence-electron chi connectivity index (χ0n) is 14.5. The van der Waals surface area contributed by atoms with E-state index >= 15 is 0 Å². The van der Waals surface area contributed by atoms with Crippen molar-refractivity contribution in [3.05, 3.63) is 53.1 Å². The Balaban J connectivity index is 1.87. The number of halogens is 1. The smallest absolute Gasteiger partial charge is 0.270 e. The summed E-state index contributed by atoms with van der Waals surface area (Å²) in [7, 11) is 1.65. The van der Waals surface area contributed by atoms with Crippen LogP contribution in [0.4, 0.5) is 10.3 Å². The highest BCUT2D eigenvalue weighted by atomic mass is 19.1. The van der Waals surface area contributed by atoms with Gasteiger partial charge in [0.05, 0.1) is 0 Å². The van der Waals surface area contributed by atoms with E-state index in [0.717, 1.165) is 12.0 Å². The standard InChI is InChI=1S/C18H23FN4O2/c1-13-12-16(23-18(22-13)21-9-3-11-25-2)17(24)20-10-8-14-4-6-15(19)7-5-14/h4-7,12H,3,8-11H2,1-2H3,(H,20,24)(H,21,22,23). The number of carbonyl (C=O) groups excluding carboxylic acids is 1. The van der Waals surface area contributed by atoms with Crippen molar-refractivity contribution in [1.29, 1.82) is 0 Å². The molecule has 25 heavy (non-hydrogen) atoms. The first-order chi connectivity index (χ1) is 12.1. The molecule has 1 heterocycles. The van der Waals surface area contributed by atoms with Gasteiger partial charge in [-0.15, -0.1) is 0 Å². The van der Waals surface area contributed by atoms with Crippen molar-refractivity contribution in [3.63, 3.8) is 0 Å². The van der Waals surface area contributed by atoms with Crippen LogP contribution in [0, 0.1) is 12.7 Å². The first kappa shape index (κ1) is 18.8. The molecule has 0 aliphatic heterocycles. The fourth-order valence-electron chi connectivity index (χ4n) is 2.24. The lowest BCUT2D eigenvalue weighted by Crippen LogP contribution is -2.27. The first-order valence-corrected chi connectivity index (χ1v) is 8.19. The number of nitrogens with zero attached hydrogens (tertiary/aromatic N) is 2. The Morgan fingerprint density at radius 2 is 1.96 bits per heavy atom. The third-order valence-electron chi connectivity index (χ3n) is 3.51. The molecular weight excluding hydrogens is 323 g/mol. The summed E-state index contributed by atoms with van der Waals surface area (Å²) in [6.07, 6.45) is 1.45. The molecule has 1 amide bonds. The number of methoxy groups -OCH3 is 1. The second kappa shape index (κ2) is 9.68. The molecule has 1 aromatic heterocycles. The van der Waals surface area contributed by atoms with Crippen LogP contribution in [0.2, 0.25) is 0 Å². The molecule has 0 saturated heterocycles. The van der Waals surface area contributed by atoms with Crippen LogP contribution < -0.4 is 10.6 Å². The van der Waals surface area contributed by atoms with Crippen molar-refractivity contribution in [1.82, 2.24) is 15.3 Å². The van der Waals surface area contributed by atoms with Gasteiger partial charge in [-0.1, -0.05) is 12.1 Å². The highest BCUT2D eigenvalue weighted by Crippen LogP contribution is 2.06. The molecule has 0 fully saturated rings. The van der Waals surface area contributed by atoms with E-state index in [1.165, 1.54) is 12.1 Å². The summed E-state index contributed by atoms with van der Waals surface area (Å²) in [4.78, 5) is 20.8. The molecule has 7 heteroatoms. The van der Waals surface area contributed by atoms with E-state index in [4.69, 9.17) is 4.74 Å². The van der Waals surface area contributed by atoms with Gasteiger partial charge in [0.2, 0.25) is 5.95 Å². The second-order valence-corrected chi connectivity index (χ2v) is 5.62. The topological polar surface area (TPSA) is 76.1 Å². The Morgan fingerprint density at radius 3 is 2.68 bits per heavy atom. The third-order valence-corrected chi connectivity index (χ3v) is 3.51. The summed E-state index contributed by atoms with van der Waals surface area (Å²) in [5.41, 5.74) is 2.00. The molecule has 0 radical (unpaired) electrons. The molecule has 0 spiro atoms. The first-order valence-electron chi connectivity index (χ1n) is 8.19.